The summed E-state index contributed by atoms with van der Waals surface area (Å²) in [7, 11) is 3.75. The van der Waals surface area contributed by atoms with E-state index in [9.17, 15) is 34.8 Å². The predicted molar refractivity (Wildman–Crippen MR) is 150 cm³/mol. The third-order valence-corrected chi connectivity index (χ3v) is 8.71. The number of phenolic OH excluding ortho intramolecular Hbond substituents is 1. The zero-order chi connectivity index (χ0) is 28.9. The molecule has 0 aliphatic heterocycles. The number of aliphatic hydroxyl groups is 3. The first-order valence-corrected chi connectivity index (χ1v) is 13.7. The van der Waals surface area contributed by atoms with Crippen LogP contribution in [0.2, 0.25) is 0 Å². The number of aliphatic hydroxyl groups excluding tert-OH is 2. The fourth-order valence-corrected chi connectivity index (χ4v) is 6.71. The van der Waals surface area contributed by atoms with Crippen LogP contribution in [0, 0.1) is 11.8 Å². The fourth-order valence-electron chi connectivity index (χ4n) is 6.71. The molecule has 8 heteroatoms. The van der Waals surface area contributed by atoms with Crippen LogP contribution >= 0.6 is 0 Å². The van der Waals surface area contributed by atoms with Crippen molar-refractivity contribution in [3.8, 4) is 5.75 Å². The number of benzene rings is 2. The van der Waals surface area contributed by atoms with Gasteiger partial charge in [0.1, 0.15) is 22.8 Å². The van der Waals surface area contributed by atoms with E-state index in [0.29, 0.717) is 24.0 Å². The maximum absolute atomic E-state index is 13.8. The van der Waals surface area contributed by atoms with E-state index in [-0.39, 0.29) is 29.7 Å². The van der Waals surface area contributed by atoms with Gasteiger partial charge in [-0.1, -0.05) is 30.3 Å². The average Bonchev–Trinajstić information content (AvgIpc) is 2.90. The molecule has 1 saturated carbocycles. The third-order valence-electron chi connectivity index (χ3n) is 8.71. The summed E-state index contributed by atoms with van der Waals surface area (Å²) in [5, 5.41) is 45.2. The number of carbonyl (C=O) groups is 3. The molecule has 3 aliphatic rings. The van der Waals surface area contributed by atoms with Crippen LogP contribution in [0.1, 0.15) is 54.9 Å². The number of unbranched alkanes of at least 4 members (excludes halogenated alkanes) is 1. The highest BCUT2D eigenvalue weighted by Crippen LogP contribution is 2.53. The summed E-state index contributed by atoms with van der Waals surface area (Å²) in [6, 6.07) is 12.1. The second kappa shape index (κ2) is 10.2. The van der Waals surface area contributed by atoms with E-state index < -0.39 is 51.9 Å². The standard InChI is InChI=1S/C32H35NO7/c1-17(34)25-24(35)16-21-13-20-14-22-23(33(2)3)15-19(12-8-7-11-18-9-5-4-6-10-18)28(36)27(22)29(37)26(20)31(39)32(21,40)30(25)38/h4-6,9-10,15,20-21,36-38,40H,7-8,11-14,16H2,1-3H3/t20-,21+,32-/m1/s1. The van der Waals surface area contributed by atoms with Crippen LogP contribution < -0.4 is 4.90 Å². The molecule has 3 atom stereocenters. The molecular formula is C32H35NO7. The van der Waals surface area contributed by atoms with E-state index in [4.69, 9.17) is 0 Å². The fraction of sp³-hybridized carbons (Fsp3) is 0.406. The van der Waals surface area contributed by atoms with Crippen LogP contribution in [-0.4, -0.2) is 57.5 Å². The minimum Gasteiger partial charge on any atom is -0.508 e. The molecule has 0 amide bonds. The molecule has 0 unspecified atom stereocenters. The normalized spacial score (nSPS) is 24.0. The summed E-state index contributed by atoms with van der Waals surface area (Å²) in [6.07, 6.45) is 3.37. The summed E-state index contributed by atoms with van der Waals surface area (Å²) in [6.45, 7) is 1.10. The Hall–Kier alpha value is -3.91. The van der Waals surface area contributed by atoms with Gasteiger partial charge in [0.25, 0.3) is 0 Å². The SMILES string of the molecule is CC(=O)C1=C(O)[C@@]2(O)C(=O)C3=C(O)c4c(O)c(CCCCc5ccccc5)cc(N(C)C)c4C[C@H]3C[C@H]2CC1=O. The summed E-state index contributed by atoms with van der Waals surface area (Å²) >= 11 is 0. The Morgan fingerprint density at radius 3 is 2.35 bits per heavy atom. The van der Waals surface area contributed by atoms with Crippen LogP contribution in [0.4, 0.5) is 5.69 Å². The Labute approximate surface area is 233 Å². The number of phenols is 1. The van der Waals surface area contributed by atoms with Gasteiger partial charge in [0, 0.05) is 37.7 Å². The second-order valence-corrected chi connectivity index (χ2v) is 11.4. The van der Waals surface area contributed by atoms with Gasteiger partial charge in [-0.2, -0.15) is 0 Å². The third kappa shape index (κ3) is 4.31. The molecule has 0 aromatic heterocycles. The first kappa shape index (κ1) is 27.6. The van der Waals surface area contributed by atoms with Crippen molar-refractivity contribution < 1.29 is 34.8 Å². The molecule has 2 aromatic rings. The lowest BCUT2D eigenvalue weighted by Crippen LogP contribution is -2.57. The van der Waals surface area contributed by atoms with Crippen molar-refractivity contribution in [3.63, 3.8) is 0 Å². The number of anilines is 1. The van der Waals surface area contributed by atoms with Crippen LogP contribution in [0.25, 0.3) is 5.76 Å². The number of hydrogen-bond acceptors (Lipinski definition) is 8. The first-order valence-electron chi connectivity index (χ1n) is 13.7. The number of nitrogens with zero attached hydrogens (tertiary/aromatic N) is 1. The number of allylic oxidation sites excluding steroid dienone is 1. The highest BCUT2D eigenvalue weighted by Gasteiger charge is 2.60. The van der Waals surface area contributed by atoms with Gasteiger partial charge in [-0.05, 0) is 74.1 Å². The Bertz CT molecular complexity index is 1470. The predicted octanol–water partition coefficient (Wildman–Crippen LogP) is 4.16. The summed E-state index contributed by atoms with van der Waals surface area (Å²) in [5.74, 6) is -5.21. The molecule has 3 aliphatic carbocycles. The molecule has 0 heterocycles. The van der Waals surface area contributed by atoms with Gasteiger partial charge < -0.3 is 25.3 Å². The number of aryl methyl sites for hydroxylation is 2. The molecule has 0 spiro atoms. The minimum atomic E-state index is -2.48. The molecule has 2 aromatic carbocycles. The molecule has 40 heavy (non-hydrogen) atoms. The van der Waals surface area contributed by atoms with Crippen molar-refractivity contribution in [2.24, 2.45) is 11.8 Å². The van der Waals surface area contributed by atoms with Crippen molar-refractivity contribution >= 4 is 28.8 Å². The van der Waals surface area contributed by atoms with Gasteiger partial charge in [0.15, 0.2) is 17.2 Å². The molecule has 4 N–H and O–H groups in total. The van der Waals surface area contributed by atoms with Crippen LogP contribution in [0.3, 0.4) is 0 Å². The number of ketones is 3. The monoisotopic (exact) mass is 545 g/mol. The van der Waals surface area contributed by atoms with E-state index in [2.05, 4.69) is 12.1 Å². The number of aromatic hydroxyl groups is 1. The van der Waals surface area contributed by atoms with Gasteiger partial charge in [-0.3, -0.25) is 14.4 Å². The first-order chi connectivity index (χ1) is 19.0. The van der Waals surface area contributed by atoms with Crippen molar-refractivity contribution in [1.29, 1.82) is 0 Å². The quantitative estimate of drug-likeness (QED) is 0.301. The molecule has 210 valence electrons. The number of fused-ring (bicyclic) bond motifs is 3. The van der Waals surface area contributed by atoms with Crippen LogP contribution in [-0.2, 0) is 33.6 Å². The second-order valence-electron chi connectivity index (χ2n) is 11.4. The van der Waals surface area contributed by atoms with Crippen molar-refractivity contribution in [1.82, 2.24) is 0 Å². The van der Waals surface area contributed by atoms with Crippen molar-refractivity contribution in [3.05, 3.63) is 75.6 Å². The smallest absolute Gasteiger partial charge is 0.202 e. The number of carbonyl (C=O) groups excluding carboxylic acids is 3. The van der Waals surface area contributed by atoms with Gasteiger partial charge >= 0.3 is 0 Å². The van der Waals surface area contributed by atoms with E-state index in [1.54, 1.807) is 0 Å². The van der Waals surface area contributed by atoms with E-state index in [1.807, 2.05) is 43.3 Å². The topological polar surface area (TPSA) is 135 Å². The number of Topliss-reactive ketones (excluding diaryl/α,β-unsaturated/α-hetero) is 3. The summed E-state index contributed by atoms with van der Waals surface area (Å²) in [4.78, 5) is 40.4. The van der Waals surface area contributed by atoms with E-state index >= 15 is 0 Å². The molecule has 0 radical (unpaired) electrons. The average molecular weight is 546 g/mol. The van der Waals surface area contributed by atoms with Gasteiger partial charge in [0.2, 0.25) is 5.78 Å². The van der Waals surface area contributed by atoms with Crippen molar-refractivity contribution in [2.75, 3.05) is 19.0 Å². The van der Waals surface area contributed by atoms with E-state index in [0.717, 1.165) is 31.9 Å². The van der Waals surface area contributed by atoms with E-state index in [1.165, 1.54) is 5.56 Å². The molecule has 0 saturated heterocycles. The van der Waals surface area contributed by atoms with Crippen LogP contribution in [0.5, 0.6) is 5.75 Å². The molecule has 1 fully saturated rings. The van der Waals surface area contributed by atoms with Gasteiger partial charge in [0.05, 0.1) is 5.56 Å². The Balaban J connectivity index is 1.54. The number of hydrogen-bond donors (Lipinski definition) is 4. The van der Waals surface area contributed by atoms with Crippen LogP contribution in [0.15, 0.2) is 53.3 Å². The lowest BCUT2D eigenvalue weighted by Gasteiger charge is -2.46. The summed E-state index contributed by atoms with van der Waals surface area (Å²) in [5.41, 5.74) is 0.396. The largest absolute Gasteiger partial charge is 0.508 e. The highest BCUT2D eigenvalue weighted by atomic mass is 16.3. The lowest BCUT2D eigenvalue weighted by atomic mass is 9.59. The molecule has 0 bridgehead atoms. The molecular weight excluding hydrogens is 510 g/mol. The maximum Gasteiger partial charge on any atom is 0.202 e. The summed E-state index contributed by atoms with van der Waals surface area (Å²) < 4.78 is 0. The van der Waals surface area contributed by atoms with Crippen molar-refractivity contribution in [2.45, 2.75) is 57.5 Å². The zero-order valence-corrected chi connectivity index (χ0v) is 23.0. The highest BCUT2D eigenvalue weighted by molar-refractivity contribution is 6.23. The lowest BCUT2D eigenvalue weighted by molar-refractivity contribution is -0.147. The minimum absolute atomic E-state index is 0.0868. The number of rotatable bonds is 7. The molecule has 5 rings (SSSR count). The maximum atomic E-state index is 13.8. The zero-order valence-electron chi connectivity index (χ0n) is 23.0. The molecule has 8 nitrogen and oxygen atoms in total. The van der Waals surface area contributed by atoms with Gasteiger partial charge in [-0.25, -0.2) is 0 Å². The van der Waals surface area contributed by atoms with Gasteiger partial charge in [-0.15, -0.1) is 0 Å². The Morgan fingerprint density at radius 2 is 1.70 bits per heavy atom. The Morgan fingerprint density at radius 1 is 1.02 bits per heavy atom. The Kier molecular flexibility index (Phi) is 7.08.